The summed E-state index contributed by atoms with van der Waals surface area (Å²) in [6.45, 7) is 3.69. The van der Waals surface area contributed by atoms with E-state index in [-0.39, 0.29) is 6.42 Å². The Bertz CT molecular complexity index is 1640. The number of rotatable bonds is 6. The molecule has 1 unspecified atom stereocenters. The number of amides is 1. The second-order valence-electron chi connectivity index (χ2n) is 9.24. The van der Waals surface area contributed by atoms with Crippen LogP contribution in [0.3, 0.4) is 0 Å². The summed E-state index contributed by atoms with van der Waals surface area (Å²) in [5.41, 5.74) is 2.95. The number of hydrogen-bond donors (Lipinski definition) is 2. The molecule has 4 aromatic carbocycles. The highest BCUT2D eigenvalue weighted by Crippen LogP contribution is 2.31. The number of fused-ring (bicyclic) bond motifs is 1. The van der Waals surface area contributed by atoms with Gasteiger partial charge in [-0.2, -0.15) is 0 Å². The van der Waals surface area contributed by atoms with Crippen molar-refractivity contribution in [3.05, 3.63) is 130 Å². The Labute approximate surface area is 214 Å². The van der Waals surface area contributed by atoms with Gasteiger partial charge in [0.2, 0.25) is 0 Å². The summed E-state index contributed by atoms with van der Waals surface area (Å²) in [4.78, 5) is 25.7. The van der Waals surface area contributed by atoms with Crippen molar-refractivity contribution in [3.63, 3.8) is 0 Å². The van der Waals surface area contributed by atoms with E-state index in [1.165, 1.54) is 0 Å². The van der Waals surface area contributed by atoms with Gasteiger partial charge in [-0.1, -0.05) is 89.6 Å². The van der Waals surface area contributed by atoms with Crippen LogP contribution in [0.1, 0.15) is 22.4 Å². The summed E-state index contributed by atoms with van der Waals surface area (Å²) in [6.07, 6.45) is 0.0863. The largest absolute Gasteiger partial charge is 0.375 e. The predicted molar refractivity (Wildman–Crippen MR) is 144 cm³/mol. The van der Waals surface area contributed by atoms with Gasteiger partial charge in [0.15, 0.2) is 5.60 Å². The normalized spacial score (nSPS) is 12.7. The molecular formula is C31H26N2O4. The average Bonchev–Trinajstić information content (AvgIpc) is 2.91. The van der Waals surface area contributed by atoms with Gasteiger partial charge in [-0.25, -0.2) is 4.79 Å². The fraction of sp³-hybridized carbons (Fsp3) is 0.129. The number of anilines is 1. The first-order chi connectivity index (χ1) is 17.8. The molecule has 0 spiro atoms. The Morgan fingerprint density at radius 1 is 0.865 bits per heavy atom. The molecule has 0 aliphatic heterocycles. The molecule has 2 N–H and O–H groups in total. The van der Waals surface area contributed by atoms with Gasteiger partial charge in [-0.15, -0.1) is 0 Å². The lowest BCUT2D eigenvalue weighted by atomic mass is 9.85. The first-order valence-electron chi connectivity index (χ1n) is 12.0. The van der Waals surface area contributed by atoms with Crippen molar-refractivity contribution in [2.75, 3.05) is 5.32 Å². The standard InChI is InChI=1S/C31H26N2O4/c1-20-7-6-8-22(17-20)19-31(36,25-13-11-24(12-14-25)23-9-4-3-5-10-23)30(35)32-26-15-16-27-28(18-26)21(2)33-37-29(27)34/h3-18,36H,19H2,1-2H3,(H,32,35). The van der Waals surface area contributed by atoms with Crippen LogP contribution in [0.2, 0.25) is 0 Å². The monoisotopic (exact) mass is 490 g/mol. The first kappa shape index (κ1) is 24.2. The molecule has 5 rings (SSSR count). The second-order valence-corrected chi connectivity index (χ2v) is 9.24. The van der Waals surface area contributed by atoms with Crippen LogP contribution in [-0.4, -0.2) is 16.2 Å². The molecule has 5 aromatic rings. The molecule has 6 nitrogen and oxygen atoms in total. The van der Waals surface area contributed by atoms with Crippen LogP contribution in [0.5, 0.6) is 0 Å². The zero-order chi connectivity index (χ0) is 26.0. The highest BCUT2D eigenvalue weighted by molar-refractivity contribution is 6.00. The average molecular weight is 491 g/mol. The molecule has 0 fully saturated rings. The van der Waals surface area contributed by atoms with Crippen LogP contribution in [0.25, 0.3) is 21.9 Å². The van der Waals surface area contributed by atoms with Crippen LogP contribution >= 0.6 is 0 Å². The third kappa shape index (κ3) is 4.92. The Balaban J connectivity index is 1.52. The summed E-state index contributed by atoms with van der Waals surface area (Å²) in [6, 6.07) is 29.9. The van der Waals surface area contributed by atoms with Crippen LogP contribution in [0.15, 0.2) is 106 Å². The van der Waals surface area contributed by atoms with E-state index in [0.717, 1.165) is 22.3 Å². The zero-order valence-electron chi connectivity index (χ0n) is 20.6. The van der Waals surface area contributed by atoms with E-state index in [1.54, 1.807) is 37.3 Å². The highest BCUT2D eigenvalue weighted by atomic mass is 16.5. The van der Waals surface area contributed by atoms with Crippen LogP contribution < -0.4 is 10.9 Å². The van der Waals surface area contributed by atoms with Crippen LogP contribution in [0.4, 0.5) is 5.69 Å². The molecule has 6 heteroatoms. The number of aromatic nitrogens is 1. The summed E-state index contributed by atoms with van der Waals surface area (Å²) in [5.74, 6) is -0.575. The molecule has 1 amide bonds. The smallest absolute Gasteiger partial charge is 0.366 e. The fourth-order valence-electron chi connectivity index (χ4n) is 4.54. The quantitative estimate of drug-likeness (QED) is 0.326. The van der Waals surface area contributed by atoms with Gasteiger partial charge in [0.25, 0.3) is 5.91 Å². The van der Waals surface area contributed by atoms with Gasteiger partial charge < -0.3 is 14.9 Å². The SMILES string of the molecule is Cc1cccc(CC(O)(C(=O)Nc2ccc3c(=O)onc(C)c3c2)c2ccc(-c3ccccc3)cc2)c1. The summed E-state index contributed by atoms with van der Waals surface area (Å²) in [7, 11) is 0. The van der Waals surface area contributed by atoms with Gasteiger partial charge in [0, 0.05) is 17.5 Å². The third-order valence-corrected chi connectivity index (χ3v) is 6.54. The van der Waals surface area contributed by atoms with Crippen molar-refractivity contribution in [1.82, 2.24) is 5.16 Å². The van der Waals surface area contributed by atoms with Crippen molar-refractivity contribution in [3.8, 4) is 11.1 Å². The van der Waals surface area contributed by atoms with E-state index in [2.05, 4.69) is 10.5 Å². The maximum absolute atomic E-state index is 13.7. The number of hydrogen-bond acceptors (Lipinski definition) is 5. The van der Waals surface area contributed by atoms with Gasteiger partial charge in [0.05, 0.1) is 11.1 Å². The van der Waals surface area contributed by atoms with E-state index in [1.807, 2.05) is 73.7 Å². The van der Waals surface area contributed by atoms with E-state index in [4.69, 9.17) is 4.52 Å². The van der Waals surface area contributed by atoms with Gasteiger partial charge >= 0.3 is 5.63 Å². The van der Waals surface area contributed by atoms with Crippen molar-refractivity contribution in [2.24, 2.45) is 0 Å². The fourth-order valence-corrected chi connectivity index (χ4v) is 4.54. The van der Waals surface area contributed by atoms with E-state index in [9.17, 15) is 14.7 Å². The van der Waals surface area contributed by atoms with E-state index < -0.39 is 17.1 Å². The molecule has 0 aliphatic carbocycles. The van der Waals surface area contributed by atoms with Crippen molar-refractivity contribution in [1.29, 1.82) is 0 Å². The summed E-state index contributed by atoms with van der Waals surface area (Å²) < 4.78 is 4.79. The van der Waals surface area contributed by atoms with Gasteiger partial charge in [0.1, 0.15) is 0 Å². The Hall–Kier alpha value is -4.55. The number of nitrogens with zero attached hydrogens (tertiary/aromatic N) is 1. The highest BCUT2D eigenvalue weighted by Gasteiger charge is 2.38. The van der Waals surface area contributed by atoms with Crippen molar-refractivity contribution >= 4 is 22.4 Å². The number of carbonyl (C=O) groups excluding carboxylic acids is 1. The van der Waals surface area contributed by atoms with E-state index >= 15 is 0 Å². The topological polar surface area (TPSA) is 92.4 Å². The van der Waals surface area contributed by atoms with Gasteiger partial charge in [-0.3, -0.25) is 4.79 Å². The number of carbonyl (C=O) groups is 1. The third-order valence-electron chi connectivity index (χ3n) is 6.54. The van der Waals surface area contributed by atoms with Crippen molar-refractivity contribution in [2.45, 2.75) is 25.9 Å². The number of aliphatic hydroxyl groups is 1. The summed E-state index contributed by atoms with van der Waals surface area (Å²) in [5, 5.41) is 19.5. The minimum absolute atomic E-state index is 0.0863. The number of nitrogens with one attached hydrogen (secondary N) is 1. The lowest BCUT2D eigenvalue weighted by molar-refractivity contribution is -0.135. The molecule has 184 valence electrons. The molecule has 0 saturated carbocycles. The number of aryl methyl sites for hydroxylation is 2. The molecule has 0 bridgehead atoms. The molecule has 1 atom stereocenters. The van der Waals surface area contributed by atoms with E-state index in [0.29, 0.717) is 27.7 Å². The predicted octanol–water partition coefficient (Wildman–Crippen LogP) is 5.54. The van der Waals surface area contributed by atoms with Crippen molar-refractivity contribution < 1.29 is 14.4 Å². The van der Waals surface area contributed by atoms with Crippen LogP contribution in [-0.2, 0) is 16.8 Å². The maximum Gasteiger partial charge on any atom is 0.366 e. The summed E-state index contributed by atoms with van der Waals surface area (Å²) >= 11 is 0. The lowest BCUT2D eigenvalue weighted by Gasteiger charge is -2.28. The molecule has 1 aromatic heterocycles. The minimum Gasteiger partial charge on any atom is -0.375 e. The molecule has 0 aliphatic rings. The van der Waals surface area contributed by atoms with Crippen LogP contribution in [0, 0.1) is 13.8 Å². The minimum atomic E-state index is -1.85. The number of benzene rings is 4. The Morgan fingerprint density at radius 2 is 1.59 bits per heavy atom. The zero-order valence-corrected chi connectivity index (χ0v) is 20.6. The van der Waals surface area contributed by atoms with Gasteiger partial charge in [-0.05, 0) is 54.3 Å². The molecule has 1 heterocycles. The Kier molecular flexibility index (Phi) is 6.42. The molecular weight excluding hydrogens is 464 g/mol. The molecule has 0 saturated heterocycles. The molecule has 0 radical (unpaired) electrons. The lowest BCUT2D eigenvalue weighted by Crippen LogP contribution is -2.42. The first-order valence-corrected chi connectivity index (χ1v) is 12.0. The second kappa shape index (κ2) is 9.84. The maximum atomic E-state index is 13.7. The Morgan fingerprint density at radius 3 is 2.32 bits per heavy atom. The molecule has 37 heavy (non-hydrogen) atoms.